The fraction of sp³-hybridized carbons (Fsp3) is 0.548. The molecule has 41 heavy (non-hydrogen) atoms. The number of carbonyl (C=O) groups is 2. The summed E-state index contributed by atoms with van der Waals surface area (Å²) in [6.45, 7) is 13.1. The largest absolute Gasteiger partial charge is 0.444 e. The van der Waals surface area contributed by atoms with Gasteiger partial charge in [-0.2, -0.15) is 0 Å². The Morgan fingerprint density at radius 1 is 1.12 bits per heavy atom. The van der Waals surface area contributed by atoms with Crippen LogP contribution in [0.15, 0.2) is 29.2 Å². The van der Waals surface area contributed by atoms with E-state index < -0.39 is 17.2 Å². The molecule has 3 heterocycles. The van der Waals surface area contributed by atoms with Crippen LogP contribution in [-0.4, -0.2) is 78.1 Å². The van der Waals surface area contributed by atoms with Crippen LogP contribution in [-0.2, 0) is 14.3 Å². The topological polar surface area (TPSA) is 62.3 Å². The number of nitrogens with zero attached hydrogens (tertiary/aromatic N) is 3. The number of rotatable bonds is 4. The lowest BCUT2D eigenvalue weighted by atomic mass is 9.87. The van der Waals surface area contributed by atoms with Gasteiger partial charge in [-0.1, -0.05) is 6.07 Å². The van der Waals surface area contributed by atoms with Crippen LogP contribution in [0.3, 0.4) is 0 Å². The first-order chi connectivity index (χ1) is 19.3. The van der Waals surface area contributed by atoms with E-state index in [1.807, 2.05) is 46.4 Å². The zero-order chi connectivity index (χ0) is 29.8. The Morgan fingerprint density at radius 2 is 1.80 bits per heavy atom. The molecule has 0 saturated carbocycles. The molecule has 0 aliphatic carbocycles. The lowest BCUT2D eigenvalue weighted by Crippen LogP contribution is -2.61. The molecule has 1 fully saturated rings. The second kappa shape index (κ2) is 11.2. The van der Waals surface area contributed by atoms with Crippen molar-refractivity contribution in [2.75, 3.05) is 37.5 Å². The number of carbonyl (C=O) groups excluding carboxylic acids is 2. The molecular formula is C31H39F2N3O4S. The van der Waals surface area contributed by atoms with Crippen LogP contribution in [0.5, 0.6) is 0 Å². The van der Waals surface area contributed by atoms with Gasteiger partial charge in [0.2, 0.25) is 5.91 Å². The third-order valence-corrected chi connectivity index (χ3v) is 9.29. The molecule has 7 nitrogen and oxygen atoms in total. The minimum atomic E-state index is -0.631. The molecule has 4 atom stereocenters. The van der Waals surface area contributed by atoms with Gasteiger partial charge in [0.1, 0.15) is 17.2 Å². The molecule has 0 N–H and O–H groups in total. The standard InChI is InChI=1S/C31H39F2N3O4S/c1-17-10-23-25(34-13-18(2)35(19(3)14-34)30(38)40-31(4,5)6)12-26(37)36-21(15-39-7)16-41-29(28(23)36)27(17)22-9-8-20(32)11-24(22)33/h8-11,18-19,21,25H,12-16H2,1-7H3/t18-,19+,21-,25?/m0/s1. The molecule has 0 bridgehead atoms. The summed E-state index contributed by atoms with van der Waals surface area (Å²) in [6, 6.07) is 5.11. The smallest absolute Gasteiger partial charge is 0.410 e. The number of benzene rings is 2. The third kappa shape index (κ3) is 5.58. The molecule has 0 spiro atoms. The fourth-order valence-electron chi connectivity index (χ4n) is 6.54. The molecule has 0 aromatic heterocycles. The van der Waals surface area contributed by atoms with E-state index >= 15 is 4.39 Å². The van der Waals surface area contributed by atoms with E-state index in [1.165, 1.54) is 12.1 Å². The van der Waals surface area contributed by atoms with Gasteiger partial charge in [-0.25, -0.2) is 13.6 Å². The quantitative estimate of drug-likeness (QED) is 0.427. The number of ether oxygens (including phenoxy) is 2. The number of thioether (sulfide) groups is 1. The van der Waals surface area contributed by atoms with Gasteiger partial charge < -0.3 is 19.3 Å². The maximum Gasteiger partial charge on any atom is 0.410 e. The van der Waals surface area contributed by atoms with Gasteiger partial charge in [0.05, 0.1) is 18.3 Å². The number of methoxy groups -OCH3 is 1. The number of halogens is 2. The minimum Gasteiger partial charge on any atom is -0.444 e. The predicted molar refractivity (Wildman–Crippen MR) is 156 cm³/mol. The summed E-state index contributed by atoms with van der Waals surface area (Å²) in [4.78, 5) is 33.7. The van der Waals surface area contributed by atoms with Crippen molar-refractivity contribution in [2.45, 2.75) is 82.6 Å². The molecule has 2 amide bonds. The molecule has 2 aromatic rings. The van der Waals surface area contributed by atoms with Gasteiger partial charge in [0.15, 0.2) is 0 Å². The summed E-state index contributed by atoms with van der Waals surface area (Å²) in [5.74, 6) is -0.655. The van der Waals surface area contributed by atoms with Crippen LogP contribution in [0.2, 0.25) is 0 Å². The van der Waals surface area contributed by atoms with Gasteiger partial charge in [-0.15, -0.1) is 11.8 Å². The van der Waals surface area contributed by atoms with Gasteiger partial charge in [-0.3, -0.25) is 9.69 Å². The van der Waals surface area contributed by atoms with Crippen LogP contribution in [0, 0.1) is 18.6 Å². The Hall–Kier alpha value is -2.69. The lowest BCUT2D eigenvalue weighted by molar-refractivity contribution is -0.121. The summed E-state index contributed by atoms with van der Waals surface area (Å²) < 4.78 is 40.1. The molecule has 2 aromatic carbocycles. The maximum absolute atomic E-state index is 15.1. The second-order valence-electron chi connectivity index (χ2n) is 12.4. The van der Waals surface area contributed by atoms with Crippen LogP contribution in [0.4, 0.5) is 19.3 Å². The van der Waals surface area contributed by atoms with E-state index in [4.69, 9.17) is 9.47 Å². The highest BCUT2D eigenvalue weighted by Crippen LogP contribution is 2.53. The molecule has 3 aliphatic rings. The van der Waals surface area contributed by atoms with Crippen LogP contribution in [0.25, 0.3) is 11.1 Å². The SMILES string of the molecule is COC[C@H]1CSc2c(-c3ccc(F)cc3F)c(C)cc3c2N1C(=O)CC3N1C[C@@H](C)N(C(=O)OC(C)(C)C)[C@@H](C)C1. The number of hydrogen-bond donors (Lipinski definition) is 0. The molecule has 5 rings (SSSR count). The van der Waals surface area contributed by atoms with E-state index in [-0.39, 0.29) is 36.2 Å². The molecule has 1 saturated heterocycles. The Labute approximate surface area is 245 Å². The Bertz CT molecular complexity index is 1350. The average Bonchev–Trinajstić information content (AvgIpc) is 2.86. The summed E-state index contributed by atoms with van der Waals surface area (Å²) in [7, 11) is 1.62. The molecular weight excluding hydrogens is 548 g/mol. The highest BCUT2D eigenvalue weighted by atomic mass is 32.2. The van der Waals surface area contributed by atoms with Crippen LogP contribution in [0.1, 0.15) is 58.2 Å². The average molecular weight is 588 g/mol. The zero-order valence-corrected chi connectivity index (χ0v) is 25.6. The van der Waals surface area contributed by atoms with Crippen molar-refractivity contribution in [1.82, 2.24) is 9.80 Å². The number of amides is 2. The predicted octanol–water partition coefficient (Wildman–Crippen LogP) is 6.17. The molecule has 3 aliphatic heterocycles. The van der Waals surface area contributed by atoms with Crippen molar-refractivity contribution in [2.24, 2.45) is 0 Å². The highest BCUT2D eigenvalue weighted by Gasteiger charge is 2.45. The summed E-state index contributed by atoms with van der Waals surface area (Å²) in [5.41, 5.74) is 3.10. The third-order valence-electron chi connectivity index (χ3n) is 8.06. The summed E-state index contributed by atoms with van der Waals surface area (Å²) in [6.07, 6.45) is -0.0341. The molecule has 1 unspecified atom stereocenters. The number of hydrogen-bond acceptors (Lipinski definition) is 6. The van der Waals surface area contributed by atoms with Crippen molar-refractivity contribution in [3.8, 4) is 11.1 Å². The normalized spacial score (nSPS) is 24.9. The van der Waals surface area contributed by atoms with Crippen molar-refractivity contribution < 1.29 is 27.8 Å². The van der Waals surface area contributed by atoms with E-state index in [2.05, 4.69) is 11.0 Å². The molecule has 10 heteroatoms. The Kier molecular flexibility index (Phi) is 8.13. The van der Waals surface area contributed by atoms with Gasteiger partial charge >= 0.3 is 6.09 Å². The number of anilines is 1. The van der Waals surface area contributed by atoms with Crippen molar-refractivity contribution in [3.05, 3.63) is 47.0 Å². The second-order valence-corrected chi connectivity index (χ2v) is 13.4. The zero-order valence-electron chi connectivity index (χ0n) is 24.8. The van der Waals surface area contributed by atoms with Crippen molar-refractivity contribution >= 4 is 29.4 Å². The van der Waals surface area contributed by atoms with E-state index in [0.717, 1.165) is 27.8 Å². The van der Waals surface area contributed by atoms with E-state index in [1.54, 1.807) is 23.8 Å². The number of piperazine rings is 1. The summed E-state index contributed by atoms with van der Waals surface area (Å²) >= 11 is 1.59. The minimum absolute atomic E-state index is 0.00430. The van der Waals surface area contributed by atoms with Crippen LogP contribution < -0.4 is 4.90 Å². The Morgan fingerprint density at radius 3 is 2.41 bits per heavy atom. The first-order valence-corrected chi connectivity index (χ1v) is 15.1. The van der Waals surface area contributed by atoms with Gasteiger partial charge in [0.25, 0.3) is 0 Å². The summed E-state index contributed by atoms with van der Waals surface area (Å²) in [5, 5.41) is 0. The van der Waals surface area contributed by atoms with E-state index in [0.29, 0.717) is 43.0 Å². The highest BCUT2D eigenvalue weighted by molar-refractivity contribution is 7.99. The van der Waals surface area contributed by atoms with E-state index in [9.17, 15) is 14.0 Å². The van der Waals surface area contributed by atoms with Crippen molar-refractivity contribution in [1.29, 1.82) is 0 Å². The molecule has 0 radical (unpaired) electrons. The lowest BCUT2D eigenvalue weighted by Gasteiger charge is -2.50. The molecule has 222 valence electrons. The number of aryl methyl sites for hydroxylation is 1. The maximum atomic E-state index is 15.1. The van der Waals surface area contributed by atoms with Gasteiger partial charge in [-0.05, 0) is 64.8 Å². The van der Waals surface area contributed by atoms with Gasteiger partial charge in [0, 0.05) is 72.6 Å². The Balaban J connectivity index is 1.57. The van der Waals surface area contributed by atoms with Crippen LogP contribution >= 0.6 is 11.8 Å². The van der Waals surface area contributed by atoms with Crippen molar-refractivity contribution in [3.63, 3.8) is 0 Å². The first kappa shape index (κ1) is 29.8. The first-order valence-electron chi connectivity index (χ1n) is 14.1. The fourth-order valence-corrected chi connectivity index (χ4v) is 7.92. The monoisotopic (exact) mass is 587 g/mol.